The third kappa shape index (κ3) is 4.67. The number of amides is 1. The molecule has 0 spiro atoms. The number of hydrogen-bond donors (Lipinski definition) is 1. The lowest BCUT2D eigenvalue weighted by molar-refractivity contribution is -0.121. The Morgan fingerprint density at radius 1 is 1.20 bits per heavy atom. The molecule has 2 aromatic carbocycles. The third-order valence-corrected chi connectivity index (χ3v) is 7.31. The Balaban J connectivity index is 1.43. The van der Waals surface area contributed by atoms with Gasteiger partial charge in [0.1, 0.15) is 18.1 Å². The van der Waals surface area contributed by atoms with Crippen molar-refractivity contribution in [2.75, 3.05) is 26.7 Å². The number of aryl methyl sites for hydroxylation is 2. The lowest BCUT2D eigenvalue weighted by Gasteiger charge is -2.23. The van der Waals surface area contributed by atoms with Crippen molar-refractivity contribution in [1.29, 1.82) is 0 Å². The quantitative estimate of drug-likeness (QED) is 0.506. The fourth-order valence-electron chi connectivity index (χ4n) is 5.50. The van der Waals surface area contributed by atoms with Gasteiger partial charge in [0.05, 0.1) is 18.5 Å². The van der Waals surface area contributed by atoms with Crippen molar-refractivity contribution in [3.05, 3.63) is 65.4 Å². The summed E-state index contributed by atoms with van der Waals surface area (Å²) in [6.07, 6.45) is 3.46. The first-order chi connectivity index (χ1) is 17.1. The predicted octanol–water partition coefficient (Wildman–Crippen LogP) is 4.89. The maximum absolute atomic E-state index is 12.8. The van der Waals surface area contributed by atoms with Gasteiger partial charge >= 0.3 is 0 Å². The minimum Gasteiger partial charge on any atom is -0.495 e. The molecule has 3 heterocycles. The fourth-order valence-corrected chi connectivity index (χ4v) is 5.50. The van der Waals surface area contributed by atoms with Crippen molar-refractivity contribution in [2.24, 2.45) is 0 Å². The summed E-state index contributed by atoms with van der Waals surface area (Å²) >= 11 is 0. The largest absolute Gasteiger partial charge is 0.495 e. The van der Waals surface area contributed by atoms with Crippen molar-refractivity contribution in [3.8, 4) is 28.4 Å². The van der Waals surface area contributed by atoms with Crippen LogP contribution in [-0.4, -0.2) is 48.2 Å². The van der Waals surface area contributed by atoms with Crippen LogP contribution in [0.1, 0.15) is 43.0 Å². The van der Waals surface area contributed by atoms with E-state index < -0.39 is 0 Å². The average Bonchev–Trinajstić information content (AvgIpc) is 3.50. The number of benzene rings is 2. The van der Waals surface area contributed by atoms with Gasteiger partial charge in [0.2, 0.25) is 5.91 Å². The molecular weight excluding hydrogens is 438 g/mol. The number of likely N-dealkylation sites (N-methyl/N-ethyl adjacent to an activating group) is 1. The first-order valence-electron chi connectivity index (χ1n) is 12.7. The summed E-state index contributed by atoms with van der Waals surface area (Å²) < 4.78 is 14.1. The van der Waals surface area contributed by atoms with E-state index in [4.69, 9.17) is 9.47 Å². The van der Waals surface area contributed by atoms with Crippen molar-refractivity contribution < 1.29 is 14.3 Å². The van der Waals surface area contributed by atoms with Gasteiger partial charge in [0, 0.05) is 35.8 Å². The molecule has 184 valence electrons. The number of hydrogen-bond acceptors (Lipinski definition) is 4. The number of likely N-dealkylation sites (tertiary alicyclic amines) is 1. The van der Waals surface area contributed by atoms with E-state index in [0.29, 0.717) is 25.5 Å². The number of carbonyl (C=O) groups is 1. The Bertz CT molecular complexity index is 1220. The van der Waals surface area contributed by atoms with E-state index in [1.807, 2.05) is 18.2 Å². The smallest absolute Gasteiger partial charge is 0.220 e. The Kier molecular flexibility index (Phi) is 6.82. The highest BCUT2D eigenvalue weighted by Crippen LogP contribution is 2.42. The molecule has 2 aliphatic rings. The Morgan fingerprint density at radius 3 is 2.89 bits per heavy atom. The molecule has 1 saturated heterocycles. The second kappa shape index (κ2) is 10.2. The Hall–Kier alpha value is -3.25. The zero-order valence-corrected chi connectivity index (χ0v) is 21.0. The van der Waals surface area contributed by atoms with Gasteiger partial charge in [0.15, 0.2) is 0 Å². The van der Waals surface area contributed by atoms with Crippen molar-refractivity contribution in [1.82, 2.24) is 14.8 Å². The van der Waals surface area contributed by atoms with Gasteiger partial charge in [-0.3, -0.25) is 9.69 Å². The predicted molar refractivity (Wildman–Crippen MR) is 138 cm³/mol. The summed E-state index contributed by atoms with van der Waals surface area (Å²) in [5.74, 6) is 1.80. The summed E-state index contributed by atoms with van der Waals surface area (Å²) in [5, 5.41) is 3.19. The molecule has 6 nitrogen and oxygen atoms in total. The first kappa shape index (κ1) is 23.5. The molecule has 5 rings (SSSR count). The lowest BCUT2D eigenvalue weighted by atomic mass is 10.0. The molecule has 1 aromatic heterocycles. The summed E-state index contributed by atoms with van der Waals surface area (Å²) in [6, 6.07) is 17.1. The average molecular weight is 474 g/mol. The molecule has 3 aromatic rings. The Labute approximate surface area is 207 Å². The van der Waals surface area contributed by atoms with E-state index in [1.54, 1.807) is 7.11 Å². The number of carbonyl (C=O) groups excluding carboxylic acids is 1. The second-order valence-electron chi connectivity index (χ2n) is 9.53. The third-order valence-electron chi connectivity index (χ3n) is 7.31. The first-order valence-corrected chi connectivity index (χ1v) is 12.7. The number of fused-ring (bicyclic) bond motifs is 3. The topological polar surface area (TPSA) is 55.7 Å². The number of aromatic nitrogens is 1. The number of nitrogens with one attached hydrogen (secondary N) is 1. The summed E-state index contributed by atoms with van der Waals surface area (Å²) in [5.41, 5.74) is 6.53. The maximum Gasteiger partial charge on any atom is 0.220 e. The molecule has 1 amide bonds. The minimum atomic E-state index is 0.103. The molecule has 1 unspecified atom stereocenters. The van der Waals surface area contributed by atoms with Gasteiger partial charge in [-0.25, -0.2) is 0 Å². The van der Waals surface area contributed by atoms with Crippen LogP contribution >= 0.6 is 0 Å². The van der Waals surface area contributed by atoms with Gasteiger partial charge in [-0.1, -0.05) is 25.1 Å². The molecule has 0 saturated carbocycles. The van der Waals surface area contributed by atoms with Crippen LogP contribution in [0.5, 0.6) is 11.5 Å². The van der Waals surface area contributed by atoms with E-state index in [1.165, 1.54) is 6.42 Å². The summed E-state index contributed by atoms with van der Waals surface area (Å²) in [7, 11) is 1.71. The number of para-hydroxylation sites is 1. The van der Waals surface area contributed by atoms with E-state index in [0.717, 1.165) is 71.3 Å². The lowest BCUT2D eigenvalue weighted by Crippen LogP contribution is -2.40. The monoisotopic (exact) mass is 473 g/mol. The van der Waals surface area contributed by atoms with Crippen LogP contribution in [0.4, 0.5) is 0 Å². The summed E-state index contributed by atoms with van der Waals surface area (Å²) in [6.45, 7) is 7.69. The standard InChI is InChI=1S/C29H35N3O3/c1-4-31-15-7-8-23(31)18-30-28(33)14-12-22-17-21-19-35-26-10-6-5-9-24(26)29(21)32(22)25-13-11-20(2)16-27(25)34-3/h5-6,9-11,13,16-17,23H,4,7-8,12,14-15,18-19H2,1-3H3,(H,30,33). The molecule has 0 radical (unpaired) electrons. The number of methoxy groups -OCH3 is 1. The van der Waals surface area contributed by atoms with E-state index >= 15 is 0 Å². The van der Waals surface area contributed by atoms with Crippen molar-refractivity contribution >= 4 is 5.91 Å². The van der Waals surface area contributed by atoms with Crippen molar-refractivity contribution in [3.63, 3.8) is 0 Å². The van der Waals surface area contributed by atoms with E-state index in [9.17, 15) is 4.79 Å². The highest BCUT2D eigenvalue weighted by atomic mass is 16.5. The highest BCUT2D eigenvalue weighted by molar-refractivity contribution is 5.78. The SMILES string of the molecule is CCN1CCCC1CNC(=O)CCc1cc2c(n1-c1ccc(C)cc1OC)-c1ccccc1OC2. The van der Waals surface area contributed by atoms with Gasteiger partial charge in [0.25, 0.3) is 0 Å². The fraction of sp³-hybridized carbons (Fsp3) is 0.414. The van der Waals surface area contributed by atoms with Gasteiger partial charge in [-0.2, -0.15) is 0 Å². The molecule has 1 atom stereocenters. The number of nitrogens with zero attached hydrogens (tertiary/aromatic N) is 2. The molecule has 0 aliphatic carbocycles. The maximum atomic E-state index is 12.8. The van der Waals surface area contributed by atoms with Crippen LogP contribution in [-0.2, 0) is 17.8 Å². The Morgan fingerprint density at radius 2 is 2.06 bits per heavy atom. The van der Waals surface area contributed by atoms with Crippen molar-refractivity contribution in [2.45, 2.75) is 52.2 Å². The zero-order chi connectivity index (χ0) is 24.4. The van der Waals surface area contributed by atoms with Crippen LogP contribution < -0.4 is 14.8 Å². The van der Waals surface area contributed by atoms with Gasteiger partial charge in [-0.05, 0) is 75.2 Å². The molecule has 35 heavy (non-hydrogen) atoms. The van der Waals surface area contributed by atoms with E-state index in [2.05, 4.69) is 59.0 Å². The molecular formula is C29H35N3O3. The van der Waals surface area contributed by atoms with Gasteiger partial charge in [-0.15, -0.1) is 0 Å². The van der Waals surface area contributed by atoms with Crippen LogP contribution in [0.2, 0.25) is 0 Å². The van der Waals surface area contributed by atoms with Crippen LogP contribution in [0.3, 0.4) is 0 Å². The van der Waals surface area contributed by atoms with Crippen LogP contribution in [0, 0.1) is 6.92 Å². The molecule has 1 N–H and O–H groups in total. The normalized spacial score (nSPS) is 16.9. The van der Waals surface area contributed by atoms with Crippen LogP contribution in [0.25, 0.3) is 16.9 Å². The molecule has 1 fully saturated rings. The number of ether oxygens (including phenoxy) is 2. The zero-order valence-electron chi connectivity index (χ0n) is 21.0. The molecule has 0 bridgehead atoms. The minimum absolute atomic E-state index is 0.103. The molecule has 2 aliphatic heterocycles. The number of rotatable bonds is 8. The highest BCUT2D eigenvalue weighted by Gasteiger charge is 2.27. The second-order valence-corrected chi connectivity index (χ2v) is 9.53. The van der Waals surface area contributed by atoms with Crippen LogP contribution in [0.15, 0.2) is 48.5 Å². The summed E-state index contributed by atoms with van der Waals surface area (Å²) in [4.78, 5) is 15.3. The molecule has 6 heteroatoms. The van der Waals surface area contributed by atoms with E-state index in [-0.39, 0.29) is 5.91 Å². The van der Waals surface area contributed by atoms with Gasteiger partial charge < -0.3 is 19.4 Å².